The van der Waals surface area contributed by atoms with Gasteiger partial charge in [0.2, 0.25) is 10.0 Å². The first-order valence-electron chi connectivity index (χ1n) is 5.97. The van der Waals surface area contributed by atoms with Gasteiger partial charge < -0.3 is 9.64 Å². The van der Waals surface area contributed by atoms with E-state index in [1.165, 1.54) is 18.1 Å². The zero-order chi connectivity index (χ0) is 14.8. The van der Waals surface area contributed by atoms with Gasteiger partial charge in [-0.1, -0.05) is 15.9 Å². The Bertz CT molecular complexity index is 642. The molecular formula is C12H14BrN3O3S. The van der Waals surface area contributed by atoms with Crippen molar-refractivity contribution >= 4 is 26.0 Å². The van der Waals surface area contributed by atoms with E-state index in [-0.39, 0.29) is 16.7 Å². The molecule has 0 bridgehead atoms. The van der Waals surface area contributed by atoms with E-state index in [0.29, 0.717) is 24.0 Å². The van der Waals surface area contributed by atoms with Gasteiger partial charge in [-0.2, -0.15) is 5.26 Å². The zero-order valence-electron chi connectivity index (χ0n) is 10.8. The van der Waals surface area contributed by atoms with E-state index >= 15 is 0 Å². The van der Waals surface area contributed by atoms with E-state index in [1.54, 1.807) is 12.1 Å². The highest BCUT2D eigenvalue weighted by Crippen LogP contribution is 2.27. The van der Waals surface area contributed by atoms with Crippen LogP contribution in [0.2, 0.25) is 0 Å². The number of ether oxygens (including phenoxy) is 1. The lowest BCUT2D eigenvalue weighted by atomic mass is 10.3. The minimum atomic E-state index is -3.68. The Morgan fingerprint density at radius 2 is 2.30 bits per heavy atom. The van der Waals surface area contributed by atoms with Crippen LogP contribution in [0.15, 0.2) is 27.6 Å². The van der Waals surface area contributed by atoms with Gasteiger partial charge in [0.05, 0.1) is 7.11 Å². The predicted molar refractivity (Wildman–Crippen MR) is 76.6 cm³/mol. The highest BCUT2D eigenvalue weighted by molar-refractivity contribution is 9.10. The Morgan fingerprint density at radius 3 is 2.90 bits per heavy atom. The molecule has 1 saturated heterocycles. The second-order valence-electron chi connectivity index (χ2n) is 4.45. The number of nitrogens with one attached hydrogen (secondary N) is 1. The van der Waals surface area contributed by atoms with Crippen LogP contribution in [-0.4, -0.2) is 39.6 Å². The molecule has 0 spiro atoms. The maximum atomic E-state index is 12.4. The van der Waals surface area contributed by atoms with E-state index in [9.17, 15) is 8.42 Å². The van der Waals surface area contributed by atoms with Crippen molar-refractivity contribution in [2.75, 3.05) is 20.2 Å². The lowest BCUT2D eigenvalue weighted by Gasteiger charge is -2.15. The van der Waals surface area contributed by atoms with Crippen LogP contribution in [0.3, 0.4) is 0 Å². The minimum absolute atomic E-state index is 0.0878. The highest BCUT2D eigenvalue weighted by Gasteiger charge is 2.28. The van der Waals surface area contributed by atoms with Gasteiger partial charge in [0, 0.05) is 23.6 Å². The molecule has 8 heteroatoms. The van der Waals surface area contributed by atoms with Crippen molar-refractivity contribution in [3.05, 3.63) is 22.7 Å². The summed E-state index contributed by atoms with van der Waals surface area (Å²) in [4.78, 5) is 1.62. The number of sulfonamides is 1. The number of hydrogen-bond acceptors (Lipinski definition) is 5. The molecule has 1 atom stereocenters. The number of likely N-dealkylation sites (tertiary alicyclic amines) is 1. The van der Waals surface area contributed by atoms with Crippen LogP contribution in [0, 0.1) is 11.5 Å². The van der Waals surface area contributed by atoms with Crippen LogP contribution in [-0.2, 0) is 10.0 Å². The molecule has 0 amide bonds. The minimum Gasteiger partial charge on any atom is -0.495 e. The Hall–Kier alpha value is -1.30. The van der Waals surface area contributed by atoms with Crippen LogP contribution in [0.1, 0.15) is 6.42 Å². The second-order valence-corrected chi connectivity index (χ2v) is 7.05. The topological polar surface area (TPSA) is 82.4 Å². The molecule has 0 radical (unpaired) electrons. The molecule has 1 fully saturated rings. The van der Waals surface area contributed by atoms with Gasteiger partial charge in [0.15, 0.2) is 6.19 Å². The van der Waals surface area contributed by atoms with Crippen molar-refractivity contribution in [2.45, 2.75) is 17.4 Å². The summed E-state index contributed by atoms with van der Waals surface area (Å²) in [6, 6.07) is 4.54. The number of methoxy groups -OCH3 is 1. The SMILES string of the molecule is COc1ccc(Br)cc1S(=O)(=O)NC1CCN(C#N)C1. The van der Waals surface area contributed by atoms with Crippen LogP contribution >= 0.6 is 15.9 Å². The average Bonchev–Trinajstić information content (AvgIpc) is 2.85. The molecule has 1 aliphatic rings. The van der Waals surface area contributed by atoms with Crippen molar-refractivity contribution < 1.29 is 13.2 Å². The summed E-state index contributed by atoms with van der Waals surface area (Å²) < 4.78 is 33.2. The van der Waals surface area contributed by atoms with Gasteiger partial charge in [-0.25, -0.2) is 13.1 Å². The molecule has 1 aromatic rings. The van der Waals surface area contributed by atoms with Crippen molar-refractivity contribution in [3.8, 4) is 11.9 Å². The normalized spacial score (nSPS) is 18.9. The molecule has 1 aliphatic heterocycles. The number of halogens is 1. The summed E-state index contributed by atoms with van der Waals surface area (Å²) in [6.45, 7) is 0.964. The first kappa shape index (κ1) is 15.1. The third kappa shape index (κ3) is 3.23. The van der Waals surface area contributed by atoms with Gasteiger partial charge in [-0.3, -0.25) is 0 Å². The van der Waals surface area contributed by atoms with Gasteiger partial charge in [-0.15, -0.1) is 0 Å². The number of benzene rings is 1. The lowest BCUT2D eigenvalue weighted by molar-refractivity contribution is 0.401. The largest absolute Gasteiger partial charge is 0.495 e. The molecule has 6 nitrogen and oxygen atoms in total. The molecule has 2 rings (SSSR count). The fourth-order valence-electron chi connectivity index (χ4n) is 2.09. The molecule has 0 saturated carbocycles. The number of hydrogen-bond donors (Lipinski definition) is 1. The Kier molecular flexibility index (Phi) is 4.52. The van der Waals surface area contributed by atoms with Gasteiger partial charge in [-0.05, 0) is 24.6 Å². The highest BCUT2D eigenvalue weighted by atomic mass is 79.9. The standard InChI is InChI=1S/C12H14BrN3O3S/c1-19-11-3-2-9(13)6-12(11)20(17,18)15-10-4-5-16(7-10)8-14/h2-3,6,10,15H,4-5,7H2,1H3. The molecule has 1 aromatic carbocycles. The fourth-order valence-corrected chi connectivity index (χ4v) is 4.06. The van der Waals surface area contributed by atoms with Gasteiger partial charge in [0.1, 0.15) is 10.6 Å². The molecule has 0 aromatic heterocycles. The Balaban J connectivity index is 2.23. The molecular weight excluding hydrogens is 346 g/mol. The van der Waals surface area contributed by atoms with E-state index in [2.05, 4.69) is 20.7 Å². The Labute approximate surface area is 126 Å². The van der Waals surface area contributed by atoms with Crippen LogP contribution in [0.25, 0.3) is 0 Å². The van der Waals surface area contributed by atoms with Crippen LogP contribution < -0.4 is 9.46 Å². The summed E-state index contributed by atoms with van der Waals surface area (Å²) in [6.07, 6.45) is 2.63. The van der Waals surface area contributed by atoms with Crippen molar-refractivity contribution in [2.24, 2.45) is 0 Å². The molecule has 1 N–H and O–H groups in total. The smallest absolute Gasteiger partial charge is 0.244 e. The summed E-state index contributed by atoms with van der Waals surface area (Å²) in [5, 5.41) is 8.79. The molecule has 108 valence electrons. The van der Waals surface area contributed by atoms with Gasteiger partial charge in [0.25, 0.3) is 0 Å². The van der Waals surface area contributed by atoms with Gasteiger partial charge >= 0.3 is 0 Å². The average molecular weight is 360 g/mol. The molecule has 0 aliphatic carbocycles. The lowest BCUT2D eigenvalue weighted by Crippen LogP contribution is -2.36. The fraction of sp³-hybridized carbons (Fsp3) is 0.417. The number of nitrogens with zero attached hydrogens (tertiary/aromatic N) is 2. The van der Waals surface area contributed by atoms with E-state index < -0.39 is 10.0 Å². The van der Waals surface area contributed by atoms with E-state index in [0.717, 1.165) is 0 Å². The summed E-state index contributed by atoms with van der Waals surface area (Å²) in [7, 11) is -2.26. The number of nitriles is 1. The zero-order valence-corrected chi connectivity index (χ0v) is 13.2. The van der Waals surface area contributed by atoms with Crippen molar-refractivity contribution in [3.63, 3.8) is 0 Å². The quantitative estimate of drug-likeness (QED) is 0.819. The maximum absolute atomic E-state index is 12.4. The van der Waals surface area contributed by atoms with Crippen molar-refractivity contribution in [1.82, 2.24) is 9.62 Å². The summed E-state index contributed by atoms with van der Waals surface area (Å²) in [5.74, 6) is 0.288. The first-order valence-corrected chi connectivity index (χ1v) is 8.24. The maximum Gasteiger partial charge on any atom is 0.244 e. The van der Waals surface area contributed by atoms with E-state index in [4.69, 9.17) is 10.00 Å². The summed E-state index contributed by atoms with van der Waals surface area (Å²) in [5.41, 5.74) is 0. The van der Waals surface area contributed by atoms with E-state index in [1.807, 2.05) is 6.19 Å². The third-order valence-corrected chi connectivity index (χ3v) is 5.10. The Morgan fingerprint density at radius 1 is 1.55 bits per heavy atom. The number of rotatable bonds is 4. The van der Waals surface area contributed by atoms with Crippen LogP contribution in [0.4, 0.5) is 0 Å². The third-order valence-electron chi connectivity index (χ3n) is 3.07. The summed E-state index contributed by atoms with van der Waals surface area (Å²) >= 11 is 3.25. The molecule has 1 unspecified atom stereocenters. The molecule has 1 heterocycles. The monoisotopic (exact) mass is 359 g/mol. The van der Waals surface area contributed by atoms with Crippen molar-refractivity contribution in [1.29, 1.82) is 5.26 Å². The first-order chi connectivity index (χ1) is 9.46. The predicted octanol–water partition coefficient (Wildman–Crippen LogP) is 1.29. The van der Waals surface area contributed by atoms with Crippen LogP contribution in [0.5, 0.6) is 5.75 Å². The molecule has 20 heavy (non-hydrogen) atoms. The second kappa shape index (κ2) is 5.99.